The fraction of sp³-hybridized carbons (Fsp3) is 0.182. The standard InChI is InChI=1S/C11H7BrF3NO/c1-17-6-4-8(12)7-2-3-10(11(13,14)15)16-9(7)5-6/h2-5H,1H3. The van der Waals surface area contributed by atoms with Gasteiger partial charge in [-0.1, -0.05) is 0 Å². The van der Waals surface area contributed by atoms with Crippen LogP contribution < -0.4 is 4.74 Å². The van der Waals surface area contributed by atoms with Crippen LogP contribution in [0.4, 0.5) is 13.2 Å². The van der Waals surface area contributed by atoms with E-state index < -0.39 is 11.9 Å². The topological polar surface area (TPSA) is 22.1 Å². The van der Waals surface area contributed by atoms with Crippen LogP contribution >= 0.6 is 15.9 Å². The summed E-state index contributed by atoms with van der Waals surface area (Å²) >= 11 is 3.26. The molecule has 2 rings (SSSR count). The number of hydrogen-bond acceptors (Lipinski definition) is 2. The number of rotatable bonds is 1. The highest BCUT2D eigenvalue weighted by atomic mass is 79.9. The molecule has 1 aromatic heterocycles. The van der Waals surface area contributed by atoms with Gasteiger partial charge in [-0.25, -0.2) is 4.98 Å². The monoisotopic (exact) mass is 305 g/mol. The summed E-state index contributed by atoms with van der Waals surface area (Å²) in [6, 6.07) is 5.49. The number of nitrogens with zero attached hydrogens (tertiary/aromatic N) is 1. The minimum atomic E-state index is -4.44. The Morgan fingerprint density at radius 2 is 1.94 bits per heavy atom. The lowest BCUT2D eigenvalue weighted by atomic mass is 10.2. The highest BCUT2D eigenvalue weighted by Crippen LogP contribution is 2.33. The Hall–Kier alpha value is -1.30. The lowest BCUT2D eigenvalue weighted by Gasteiger charge is -2.09. The second kappa shape index (κ2) is 4.18. The van der Waals surface area contributed by atoms with Gasteiger partial charge in [-0.2, -0.15) is 13.2 Å². The fourth-order valence-electron chi connectivity index (χ4n) is 1.44. The summed E-state index contributed by atoms with van der Waals surface area (Å²) < 4.78 is 43.1. The molecule has 90 valence electrons. The van der Waals surface area contributed by atoms with Crippen LogP contribution in [0, 0.1) is 0 Å². The van der Waals surface area contributed by atoms with Gasteiger partial charge >= 0.3 is 6.18 Å². The summed E-state index contributed by atoms with van der Waals surface area (Å²) in [5.41, 5.74) is -0.670. The second-order valence-electron chi connectivity index (χ2n) is 3.37. The molecule has 2 nitrogen and oxygen atoms in total. The molecule has 1 heterocycles. The molecule has 0 atom stereocenters. The molecule has 17 heavy (non-hydrogen) atoms. The van der Waals surface area contributed by atoms with E-state index in [9.17, 15) is 13.2 Å². The molecular weight excluding hydrogens is 299 g/mol. The molecule has 0 unspecified atom stereocenters. The maximum Gasteiger partial charge on any atom is 0.433 e. The Labute approximate surface area is 104 Å². The Kier molecular flexibility index (Phi) is 2.99. The van der Waals surface area contributed by atoms with Crippen molar-refractivity contribution in [3.05, 3.63) is 34.4 Å². The molecule has 0 fully saturated rings. The molecule has 0 saturated carbocycles. The van der Waals surface area contributed by atoms with Gasteiger partial charge < -0.3 is 4.74 Å². The van der Waals surface area contributed by atoms with E-state index in [0.717, 1.165) is 6.07 Å². The molecule has 0 N–H and O–H groups in total. The maximum absolute atomic E-state index is 12.5. The molecule has 2 aromatic rings. The van der Waals surface area contributed by atoms with Crippen molar-refractivity contribution in [3.8, 4) is 5.75 Å². The SMILES string of the molecule is COc1cc(Br)c2ccc(C(F)(F)F)nc2c1. The molecule has 0 spiro atoms. The zero-order chi connectivity index (χ0) is 12.6. The number of fused-ring (bicyclic) bond motifs is 1. The Balaban J connectivity index is 2.68. The highest BCUT2D eigenvalue weighted by molar-refractivity contribution is 9.10. The minimum Gasteiger partial charge on any atom is -0.497 e. The smallest absolute Gasteiger partial charge is 0.433 e. The summed E-state index contributed by atoms with van der Waals surface area (Å²) in [6.07, 6.45) is -4.44. The average molecular weight is 306 g/mol. The van der Waals surface area contributed by atoms with Crippen molar-refractivity contribution in [2.45, 2.75) is 6.18 Å². The van der Waals surface area contributed by atoms with Gasteiger partial charge in [-0.15, -0.1) is 0 Å². The van der Waals surface area contributed by atoms with Crippen molar-refractivity contribution < 1.29 is 17.9 Å². The van der Waals surface area contributed by atoms with Gasteiger partial charge in [0.05, 0.1) is 12.6 Å². The second-order valence-corrected chi connectivity index (χ2v) is 4.22. The van der Waals surface area contributed by atoms with Gasteiger partial charge in [-0.05, 0) is 34.1 Å². The highest BCUT2D eigenvalue weighted by Gasteiger charge is 2.32. The minimum absolute atomic E-state index is 0.242. The number of aromatic nitrogens is 1. The first-order chi connectivity index (χ1) is 7.91. The van der Waals surface area contributed by atoms with E-state index in [2.05, 4.69) is 20.9 Å². The number of ether oxygens (including phenoxy) is 1. The lowest BCUT2D eigenvalue weighted by molar-refractivity contribution is -0.140. The normalized spacial score (nSPS) is 11.8. The molecule has 0 bridgehead atoms. The molecule has 0 amide bonds. The van der Waals surface area contributed by atoms with Crippen molar-refractivity contribution in [1.82, 2.24) is 4.98 Å². The van der Waals surface area contributed by atoms with Gasteiger partial charge in [0.15, 0.2) is 0 Å². The fourth-order valence-corrected chi connectivity index (χ4v) is 2.00. The molecule has 0 aliphatic heterocycles. The summed E-state index contributed by atoms with van der Waals surface area (Å²) in [4.78, 5) is 3.58. The van der Waals surface area contributed by atoms with E-state index in [1.165, 1.54) is 19.2 Å². The zero-order valence-corrected chi connectivity index (χ0v) is 10.3. The van der Waals surface area contributed by atoms with E-state index >= 15 is 0 Å². The molecule has 0 aliphatic rings. The van der Waals surface area contributed by atoms with Crippen LogP contribution in [-0.4, -0.2) is 12.1 Å². The molecule has 0 radical (unpaired) electrons. The first-order valence-electron chi connectivity index (χ1n) is 4.63. The van der Waals surface area contributed by atoms with E-state index in [1.807, 2.05) is 0 Å². The number of alkyl halides is 3. The van der Waals surface area contributed by atoms with Gasteiger partial charge in [-0.3, -0.25) is 0 Å². The van der Waals surface area contributed by atoms with Crippen molar-refractivity contribution in [2.24, 2.45) is 0 Å². The van der Waals surface area contributed by atoms with E-state index in [4.69, 9.17) is 4.74 Å². The average Bonchev–Trinajstić information content (AvgIpc) is 2.27. The van der Waals surface area contributed by atoms with Crippen LogP contribution in [0.15, 0.2) is 28.7 Å². The van der Waals surface area contributed by atoms with Crippen LogP contribution in [0.5, 0.6) is 5.75 Å². The molecule has 0 aliphatic carbocycles. The third-order valence-electron chi connectivity index (χ3n) is 2.26. The van der Waals surface area contributed by atoms with Crippen LogP contribution in [0.1, 0.15) is 5.69 Å². The van der Waals surface area contributed by atoms with Crippen LogP contribution in [0.3, 0.4) is 0 Å². The number of halogens is 4. The van der Waals surface area contributed by atoms with Gasteiger partial charge in [0.25, 0.3) is 0 Å². The van der Waals surface area contributed by atoms with Gasteiger partial charge in [0, 0.05) is 15.9 Å². The van der Waals surface area contributed by atoms with Gasteiger partial charge in [0.2, 0.25) is 0 Å². The van der Waals surface area contributed by atoms with Crippen molar-refractivity contribution in [1.29, 1.82) is 0 Å². The van der Waals surface area contributed by atoms with Crippen molar-refractivity contribution in [2.75, 3.05) is 7.11 Å². The number of methoxy groups -OCH3 is 1. The predicted molar refractivity (Wildman–Crippen MR) is 61.0 cm³/mol. The Bertz CT molecular complexity index is 568. The van der Waals surface area contributed by atoms with Crippen molar-refractivity contribution in [3.63, 3.8) is 0 Å². The molecule has 0 saturated heterocycles. The van der Waals surface area contributed by atoms with E-state index in [0.29, 0.717) is 15.6 Å². The Morgan fingerprint density at radius 3 is 2.53 bits per heavy atom. The summed E-state index contributed by atoms with van der Waals surface area (Å²) in [6.45, 7) is 0. The van der Waals surface area contributed by atoms with E-state index in [-0.39, 0.29) is 5.52 Å². The van der Waals surface area contributed by atoms with Crippen molar-refractivity contribution >= 4 is 26.8 Å². The lowest BCUT2D eigenvalue weighted by Crippen LogP contribution is -2.07. The zero-order valence-electron chi connectivity index (χ0n) is 8.68. The summed E-state index contributed by atoms with van der Waals surface area (Å²) in [5, 5.41) is 0.610. The third-order valence-corrected chi connectivity index (χ3v) is 2.91. The van der Waals surface area contributed by atoms with Crippen LogP contribution in [-0.2, 0) is 6.18 Å². The molecule has 1 aromatic carbocycles. The first kappa shape index (κ1) is 12.2. The summed E-state index contributed by atoms with van der Waals surface area (Å²) in [5.74, 6) is 0.455. The van der Waals surface area contributed by atoms with E-state index in [1.54, 1.807) is 6.07 Å². The maximum atomic E-state index is 12.5. The van der Waals surface area contributed by atoms with Crippen LogP contribution in [0.2, 0.25) is 0 Å². The third kappa shape index (κ3) is 2.36. The first-order valence-corrected chi connectivity index (χ1v) is 5.42. The number of pyridine rings is 1. The van der Waals surface area contributed by atoms with Gasteiger partial charge in [0.1, 0.15) is 11.4 Å². The molecule has 6 heteroatoms. The number of benzene rings is 1. The molecular formula is C11H7BrF3NO. The largest absolute Gasteiger partial charge is 0.497 e. The van der Waals surface area contributed by atoms with Crippen LogP contribution in [0.25, 0.3) is 10.9 Å². The predicted octanol–water partition coefficient (Wildman–Crippen LogP) is 4.02. The summed E-state index contributed by atoms with van der Waals surface area (Å²) in [7, 11) is 1.45. The quantitative estimate of drug-likeness (QED) is 0.794. The number of hydrogen-bond donors (Lipinski definition) is 0. The Morgan fingerprint density at radius 1 is 1.24 bits per heavy atom.